The Balaban J connectivity index is 3.03. The summed E-state index contributed by atoms with van der Waals surface area (Å²) in [7, 11) is 0. The number of alkyl carbamates (subject to hydrolysis) is 1. The number of hydrogen-bond acceptors (Lipinski definition) is 3. The molecule has 0 atom stereocenters. The van der Waals surface area contributed by atoms with E-state index < -0.39 is 0 Å². The Hall–Kier alpha value is -0.770. The Kier molecular flexibility index (Phi) is 7.79. The molecule has 0 spiro atoms. The van der Waals surface area contributed by atoms with Gasteiger partial charge in [0.1, 0.15) is 0 Å². The number of carbonyl (C=O) groups is 1. The Bertz CT molecular complexity index is 117. The zero-order valence-electron chi connectivity index (χ0n) is 7.76. The SMILES string of the molecule is CCCOCCNC(=O)OCC. The average molecular weight is 175 g/mol. The Morgan fingerprint density at radius 1 is 1.33 bits per heavy atom. The van der Waals surface area contributed by atoms with Crippen LogP contribution in [0, 0.1) is 0 Å². The minimum Gasteiger partial charge on any atom is -0.450 e. The van der Waals surface area contributed by atoms with Crippen LogP contribution in [0.5, 0.6) is 0 Å². The lowest BCUT2D eigenvalue weighted by molar-refractivity contribution is 0.124. The lowest BCUT2D eigenvalue weighted by Crippen LogP contribution is -2.27. The molecule has 0 unspecified atom stereocenters. The molecule has 0 aliphatic heterocycles. The summed E-state index contributed by atoms with van der Waals surface area (Å²) in [5.41, 5.74) is 0. The highest BCUT2D eigenvalue weighted by Crippen LogP contribution is 1.79. The van der Waals surface area contributed by atoms with Crippen molar-refractivity contribution in [2.45, 2.75) is 20.3 Å². The molecule has 72 valence electrons. The van der Waals surface area contributed by atoms with Crippen LogP contribution in [0.3, 0.4) is 0 Å². The number of ether oxygens (including phenoxy) is 2. The monoisotopic (exact) mass is 175 g/mol. The van der Waals surface area contributed by atoms with Crippen molar-refractivity contribution in [3.8, 4) is 0 Å². The van der Waals surface area contributed by atoms with E-state index in [2.05, 4.69) is 10.1 Å². The first-order valence-electron chi connectivity index (χ1n) is 4.29. The van der Waals surface area contributed by atoms with Crippen molar-refractivity contribution < 1.29 is 14.3 Å². The molecule has 1 amide bonds. The summed E-state index contributed by atoms with van der Waals surface area (Å²) in [6, 6.07) is 0. The van der Waals surface area contributed by atoms with Crippen molar-refractivity contribution in [3.63, 3.8) is 0 Å². The molecular formula is C8H17NO3. The van der Waals surface area contributed by atoms with Crippen LogP contribution in [0.4, 0.5) is 4.79 Å². The maximum Gasteiger partial charge on any atom is 0.407 e. The maximum atomic E-state index is 10.7. The third kappa shape index (κ3) is 7.34. The van der Waals surface area contributed by atoms with Gasteiger partial charge in [0.2, 0.25) is 0 Å². The van der Waals surface area contributed by atoms with Crippen LogP contribution >= 0.6 is 0 Å². The molecule has 0 fully saturated rings. The first-order valence-corrected chi connectivity index (χ1v) is 4.29. The van der Waals surface area contributed by atoms with Gasteiger partial charge in [-0.3, -0.25) is 0 Å². The number of carbonyl (C=O) groups excluding carboxylic acids is 1. The van der Waals surface area contributed by atoms with E-state index in [0.717, 1.165) is 13.0 Å². The molecule has 12 heavy (non-hydrogen) atoms. The van der Waals surface area contributed by atoms with E-state index in [-0.39, 0.29) is 6.09 Å². The second-order valence-corrected chi connectivity index (χ2v) is 2.26. The van der Waals surface area contributed by atoms with E-state index in [4.69, 9.17) is 4.74 Å². The van der Waals surface area contributed by atoms with Gasteiger partial charge in [-0.2, -0.15) is 0 Å². The van der Waals surface area contributed by atoms with Crippen LogP contribution in [-0.2, 0) is 9.47 Å². The van der Waals surface area contributed by atoms with Gasteiger partial charge in [0.25, 0.3) is 0 Å². The number of rotatable bonds is 6. The fourth-order valence-electron chi connectivity index (χ4n) is 0.654. The van der Waals surface area contributed by atoms with Crippen LogP contribution in [0.1, 0.15) is 20.3 Å². The number of nitrogens with one attached hydrogen (secondary N) is 1. The van der Waals surface area contributed by atoms with Crippen molar-refractivity contribution in [2.75, 3.05) is 26.4 Å². The first-order chi connectivity index (χ1) is 5.81. The molecule has 0 aliphatic rings. The minimum absolute atomic E-state index is 0.377. The van der Waals surface area contributed by atoms with E-state index in [9.17, 15) is 4.79 Å². The summed E-state index contributed by atoms with van der Waals surface area (Å²) in [5.74, 6) is 0. The molecule has 0 saturated carbocycles. The van der Waals surface area contributed by atoms with Gasteiger partial charge in [0, 0.05) is 13.2 Å². The van der Waals surface area contributed by atoms with Crippen molar-refractivity contribution in [3.05, 3.63) is 0 Å². The molecule has 0 aromatic rings. The Morgan fingerprint density at radius 3 is 2.67 bits per heavy atom. The van der Waals surface area contributed by atoms with Gasteiger partial charge in [0.05, 0.1) is 13.2 Å². The molecule has 0 aromatic carbocycles. The summed E-state index contributed by atoms with van der Waals surface area (Å²) < 4.78 is 9.78. The summed E-state index contributed by atoms with van der Waals surface area (Å²) in [4.78, 5) is 10.7. The van der Waals surface area contributed by atoms with Gasteiger partial charge in [-0.05, 0) is 13.3 Å². The van der Waals surface area contributed by atoms with Crippen molar-refractivity contribution in [2.24, 2.45) is 0 Å². The highest BCUT2D eigenvalue weighted by atomic mass is 16.5. The average Bonchev–Trinajstić information content (AvgIpc) is 2.05. The van der Waals surface area contributed by atoms with Crippen LogP contribution in [-0.4, -0.2) is 32.5 Å². The molecular weight excluding hydrogens is 158 g/mol. The van der Waals surface area contributed by atoms with E-state index >= 15 is 0 Å². The van der Waals surface area contributed by atoms with Crippen molar-refractivity contribution in [1.82, 2.24) is 5.32 Å². The molecule has 0 bridgehead atoms. The second-order valence-electron chi connectivity index (χ2n) is 2.26. The van der Waals surface area contributed by atoms with Crippen LogP contribution < -0.4 is 5.32 Å². The molecule has 0 radical (unpaired) electrons. The zero-order chi connectivity index (χ0) is 9.23. The summed E-state index contributed by atoms with van der Waals surface area (Å²) in [5, 5.41) is 2.56. The van der Waals surface area contributed by atoms with E-state index in [1.165, 1.54) is 0 Å². The van der Waals surface area contributed by atoms with Crippen LogP contribution in [0.2, 0.25) is 0 Å². The molecule has 0 aliphatic carbocycles. The quantitative estimate of drug-likeness (QED) is 0.616. The maximum absolute atomic E-state index is 10.7. The molecule has 0 aromatic heterocycles. The van der Waals surface area contributed by atoms with E-state index in [1.807, 2.05) is 6.92 Å². The highest BCUT2D eigenvalue weighted by Gasteiger charge is 1.96. The molecule has 0 saturated heterocycles. The fraction of sp³-hybridized carbons (Fsp3) is 0.875. The van der Waals surface area contributed by atoms with E-state index in [1.54, 1.807) is 6.92 Å². The van der Waals surface area contributed by atoms with Gasteiger partial charge >= 0.3 is 6.09 Å². The molecule has 0 rings (SSSR count). The topological polar surface area (TPSA) is 47.6 Å². The van der Waals surface area contributed by atoms with Gasteiger partial charge in [-0.15, -0.1) is 0 Å². The fourth-order valence-corrected chi connectivity index (χ4v) is 0.654. The summed E-state index contributed by atoms with van der Waals surface area (Å²) in [6.07, 6.45) is 0.622. The predicted molar refractivity (Wildman–Crippen MR) is 46.1 cm³/mol. The third-order valence-electron chi connectivity index (χ3n) is 1.14. The van der Waals surface area contributed by atoms with E-state index in [0.29, 0.717) is 19.8 Å². The summed E-state index contributed by atoms with van der Waals surface area (Å²) >= 11 is 0. The van der Waals surface area contributed by atoms with Gasteiger partial charge in [0.15, 0.2) is 0 Å². The first kappa shape index (κ1) is 11.2. The summed E-state index contributed by atoms with van der Waals surface area (Å²) in [6.45, 7) is 6.02. The Labute approximate surface area is 73.2 Å². The molecule has 4 nitrogen and oxygen atoms in total. The standard InChI is InChI=1S/C8H17NO3/c1-3-6-11-7-5-9-8(10)12-4-2/h3-7H2,1-2H3,(H,9,10). The second kappa shape index (κ2) is 8.33. The minimum atomic E-state index is -0.377. The molecule has 4 heteroatoms. The Morgan fingerprint density at radius 2 is 2.08 bits per heavy atom. The molecule has 1 N–H and O–H groups in total. The zero-order valence-corrected chi connectivity index (χ0v) is 7.76. The predicted octanol–water partition coefficient (Wildman–Crippen LogP) is 1.16. The van der Waals surface area contributed by atoms with Gasteiger partial charge in [-0.1, -0.05) is 6.92 Å². The number of amides is 1. The number of hydrogen-bond donors (Lipinski definition) is 1. The third-order valence-corrected chi connectivity index (χ3v) is 1.14. The smallest absolute Gasteiger partial charge is 0.407 e. The largest absolute Gasteiger partial charge is 0.450 e. The highest BCUT2D eigenvalue weighted by molar-refractivity contribution is 5.66. The van der Waals surface area contributed by atoms with Gasteiger partial charge < -0.3 is 14.8 Å². The van der Waals surface area contributed by atoms with Gasteiger partial charge in [-0.25, -0.2) is 4.79 Å². The van der Waals surface area contributed by atoms with Crippen LogP contribution in [0.25, 0.3) is 0 Å². The normalized spacial score (nSPS) is 9.50. The molecule has 0 heterocycles. The van der Waals surface area contributed by atoms with Crippen molar-refractivity contribution in [1.29, 1.82) is 0 Å². The lowest BCUT2D eigenvalue weighted by atomic mass is 10.5. The lowest BCUT2D eigenvalue weighted by Gasteiger charge is -2.04. The van der Waals surface area contributed by atoms with Crippen molar-refractivity contribution >= 4 is 6.09 Å². The van der Waals surface area contributed by atoms with Crippen LogP contribution in [0.15, 0.2) is 0 Å².